The Morgan fingerprint density at radius 1 is 1.06 bits per heavy atom. The van der Waals surface area contributed by atoms with Crippen molar-refractivity contribution in [2.75, 3.05) is 31.6 Å². The van der Waals surface area contributed by atoms with E-state index in [9.17, 15) is 18.0 Å². The third-order valence-corrected chi connectivity index (χ3v) is 5.87. The number of amides is 1. The molecule has 1 N–H and O–H groups in total. The van der Waals surface area contributed by atoms with Gasteiger partial charge in [0.05, 0.1) is 18.1 Å². The number of aromatic nitrogens is 2. The first kappa shape index (κ1) is 22.8. The molecule has 0 unspecified atom stereocenters. The molecule has 33 heavy (non-hydrogen) atoms. The average molecular weight is 458 g/mol. The van der Waals surface area contributed by atoms with Gasteiger partial charge in [0.2, 0.25) is 5.91 Å². The predicted octanol–water partition coefficient (Wildman–Crippen LogP) is 4.23. The van der Waals surface area contributed by atoms with Crippen LogP contribution in [0, 0.1) is 5.92 Å². The van der Waals surface area contributed by atoms with Crippen LogP contribution in [0.4, 0.5) is 19.0 Å². The first-order valence-electron chi connectivity index (χ1n) is 10.9. The Kier molecular flexibility index (Phi) is 6.67. The van der Waals surface area contributed by atoms with Crippen molar-refractivity contribution in [3.05, 3.63) is 59.8 Å². The van der Waals surface area contributed by atoms with Crippen molar-refractivity contribution in [1.29, 1.82) is 0 Å². The molecule has 0 spiro atoms. The summed E-state index contributed by atoms with van der Waals surface area (Å²) in [6.07, 6.45) is -3.08. The zero-order valence-electron chi connectivity index (χ0n) is 18.2. The fraction of sp³-hybridized carbons (Fsp3) is 0.375. The summed E-state index contributed by atoms with van der Waals surface area (Å²) in [6, 6.07) is 14.1. The van der Waals surface area contributed by atoms with Gasteiger partial charge in [-0.05, 0) is 43.0 Å². The third-order valence-electron chi connectivity index (χ3n) is 5.87. The molecule has 0 aliphatic carbocycles. The minimum Gasteiger partial charge on any atom is -0.496 e. The van der Waals surface area contributed by atoms with E-state index in [4.69, 9.17) is 4.74 Å². The van der Waals surface area contributed by atoms with Crippen LogP contribution in [0.3, 0.4) is 0 Å². The van der Waals surface area contributed by atoms with E-state index in [0.717, 1.165) is 11.3 Å². The fourth-order valence-corrected chi connectivity index (χ4v) is 4.13. The Hall–Kier alpha value is -3.36. The molecule has 6 nitrogen and oxygen atoms in total. The summed E-state index contributed by atoms with van der Waals surface area (Å²) in [6.45, 7) is 1.08. The number of benzene rings is 2. The van der Waals surface area contributed by atoms with Crippen molar-refractivity contribution in [2.24, 2.45) is 5.92 Å². The second kappa shape index (κ2) is 9.64. The van der Waals surface area contributed by atoms with Crippen molar-refractivity contribution in [3.8, 4) is 5.75 Å². The first-order valence-corrected chi connectivity index (χ1v) is 10.9. The zero-order valence-corrected chi connectivity index (χ0v) is 18.2. The van der Waals surface area contributed by atoms with Crippen LogP contribution in [-0.2, 0) is 17.4 Å². The Balaban J connectivity index is 1.38. The molecule has 1 saturated heterocycles. The average Bonchev–Trinajstić information content (AvgIpc) is 2.83. The number of carbonyl (C=O) groups excluding carboxylic acids is 1. The van der Waals surface area contributed by atoms with Gasteiger partial charge in [0.1, 0.15) is 5.75 Å². The van der Waals surface area contributed by atoms with Crippen molar-refractivity contribution in [2.45, 2.75) is 25.4 Å². The Labute approximate surface area is 189 Å². The highest BCUT2D eigenvalue weighted by atomic mass is 19.4. The molecule has 174 valence electrons. The second-order valence-corrected chi connectivity index (χ2v) is 8.00. The van der Waals surface area contributed by atoms with E-state index in [1.165, 1.54) is 6.07 Å². The van der Waals surface area contributed by atoms with Gasteiger partial charge in [-0.1, -0.05) is 30.3 Å². The lowest BCUT2D eigenvalue weighted by atomic mass is 9.95. The lowest BCUT2D eigenvalue weighted by Crippen LogP contribution is -2.42. The number of rotatable bonds is 6. The minimum absolute atomic E-state index is 0.0785. The molecule has 9 heteroatoms. The number of para-hydroxylation sites is 3. The normalized spacial score (nSPS) is 15.0. The highest BCUT2D eigenvalue weighted by Gasteiger charge is 2.39. The van der Waals surface area contributed by atoms with E-state index in [0.29, 0.717) is 44.4 Å². The topological polar surface area (TPSA) is 67.3 Å². The number of halogens is 3. The smallest absolute Gasteiger partial charge is 0.437 e. The van der Waals surface area contributed by atoms with E-state index < -0.39 is 11.9 Å². The maximum Gasteiger partial charge on any atom is 0.437 e. The number of methoxy groups -OCH3 is 1. The molecule has 1 aromatic heterocycles. The number of hydrogen-bond donors (Lipinski definition) is 1. The molecular formula is C24H25F3N4O2. The molecule has 0 saturated carbocycles. The minimum atomic E-state index is -4.61. The number of carbonyl (C=O) groups is 1. The summed E-state index contributed by atoms with van der Waals surface area (Å²) in [5.74, 6) is 0.278. The summed E-state index contributed by atoms with van der Waals surface area (Å²) >= 11 is 0. The SMILES string of the molecule is COc1ccccc1CCNC(=O)C1CCN(c2nc3ccccc3nc2C(F)(F)F)CC1. The number of alkyl halides is 3. The third kappa shape index (κ3) is 5.18. The van der Waals surface area contributed by atoms with E-state index in [2.05, 4.69) is 15.3 Å². The van der Waals surface area contributed by atoms with Crippen molar-refractivity contribution in [3.63, 3.8) is 0 Å². The highest BCUT2D eigenvalue weighted by Crippen LogP contribution is 2.36. The Morgan fingerprint density at radius 2 is 1.70 bits per heavy atom. The van der Waals surface area contributed by atoms with E-state index in [-0.39, 0.29) is 23.2 Å². The van der Waals surface area contributed by atoms with Crippen LogP contribution in [0.15, 0.2) is 48.5 Å². The number of nitrogens with zero attached hydrogens (tertiary/aromatic N) is 3. The first-order chi connectivity index (χ1) is 15.9. The summed E-state index contributed by atoms with van der Waals surface area (Å²) in [5.41, 5.74) is 0.639. The molecule has 2 aromatic carbocycles. The summed E-state index contributed by atoms with van der Waals surface area (Å²) in [4.78, 5) is 22.3. The quantitative estimate of drug-likeness (QED) is 0.599. The van der Waals surface area contributed by atoms with Crippen molar-refractivity contribution < 1.29 is 22.7 Å². The van der Waals surface area contributed by atoms with Gasteiger partial charge in [0, 0.05) is 25.6 Å². The molecule has 0 atom stereocenters. The number of anilines is 1. The Morgan fingerprint density at radius 3 is 2.36 bits per heavy atom. The summed E-state index contributed by atoms with van der Waals surface area (Å²) < 4.78 is 46.3. The molecule has 1 fully saturated rings. The number of ether oxygens (including phenoxy) is 1. The highest BCUT2D eigenvalue weighted by molar-refractivity contribution is 5.79. The zero-order chi connectivity index (χ0) is 23.4. The van der Waals surface area contributed by atoms with Gasteiger partial charge in [-0.2, -0.15) is 13.2 Å². The van der Waals surface area contributed by atoms with Gasteiger partial charge < -0.3 is 15.0 Å². The fourth-order valence-electron chi connectivity index (χ4n) is 4.13. The monoisotopic (exact) mass is 458 g/mol. The van der Waals surface area contributed by atoms with Crippen LogP contribution in [0.1, 0.15) is 24.1 Å². The van der Waals surface area contributed by atoms with Crippen LogP contribution in [-0.4, -0.2) is 42.6 Å². The lowest BCUT2D eigenvalue weighted by molar-refractivity contribution is -0.140. The Bertz CT molecular complexity index is 1130. The molecule has 4 rings (SSSR count). The van der Waals surface area contributed by atoms with Gasteiger partial charge in [0.15, 0.2) is 11.5 Å². The molecule has 1 aliphatic rings. The van der Waals surface area contributed by atoms with Crippen molar-refractivity contribution in [1.82, 2.24) is 15.3 Å². The van der Waals surface area contributed by atoms with Crippen LogP contribution in [0.5, 0.6) is 5.75 Å². The van der Waals surface area contributed by atoms with Crippen LogP contribution < -0.4 is 15.0 Å². The van der Waals surface area contributed by atoms with Crippen LogP contribution >= 0.6 is 0 Å². The van der Waals surface area contributed by atoms with Gasteiger partial charge in [-0.15, -0.1) is 0 Å². The number of fused-ring (bicyclic) bond motifs is 1. The van der Waals surface area contributed by atoms with E-state index in [1.54, 1.807) is 30.2 Å². The van der Waals surface area contributed by atoms with Gasteiger partial charge >= 0.3 is 6.18 Å². The molecule has 0 bridgehead atoms. The van der Waals surface area contributed by atoms with Gasteiger partial charge in [-0.3, -0.25) is 4.79 Å². The number of nitrogens with one attached hydrogen (secondary N) is 1. The van der Waals surface area contributed by atoms with E-state index >= 15 is 0 Å². The summed E-state index contributed by atoms with van der Waals surface area (Å²) in [5, 5.41) is 2.95. The molecule has 1 amide bonds. The molecule has 0 radical (unpaired) electrons. The standard InChI is InChI=1S/C24H25F3N4O2/c1-33-20-9-5-2-6-16(20)10-13-28-23(32)17-11-14-31(15-12-17)22-21(24(25,26)27)29-18-7-3-4-8-19(18)30-22/h2-9,17H,10-15H2,1H3,(H,28,32). The van der Waals surface area contributed by atoms with Crippen LogP contribution in [0.25, 0.3) is 11.0 Å². The molecule has 1 aliphatic heterocycles. The maximum absolute atomic E-state index is 13.7. The van der Waals surface area contributed by atoms with Gasteiger partial charge in [-0.25, -0.2) is 9.97 Å². The van der Waals surface area contributed by atoms with Gasteiger partial charge in [0.25, 0.3) is 0 Å². The number of hydrogen-bond acceptors (Lipinski definition) is 5. The largest absolute Gasteiger partial charge is 0.496 e. The summed E-state index contributed by atoms with van der Waals surface area (Å²) in [7, 11) is 1.61. The molecule has 3 aromatic rings. The number of piperidine rings is 1. The van der Waals surface area contributed by atoms with E-state index in [1.807, 2.05) is 24.3 Å². The second-order valence-electron chi connectivity index (χ2n) is 8.00. The molecule has 2 heterocycles. The maximum atomic E-state index is 13.7. The van der Waals surface area contributed by atoms with Crippen LogP contribution in [0.2, 0.25) is 0 Å². The van der Waals surface area contributed by atoms with Crippen molar-refractivity contribution >= 4 is 22.8 Å². The molecular weight excluding hydrogens is 433 g/mol. The lowest BCUT2D eigenvalue weighted by Gasteiger charge is -2.33. The predicted molar refractivity (Wildman–Crippen MR) is 119 cm³/mol.